The van der Waals surface area contributed by atoms with Gasteiger partial charge in [0.1, 0.15) is 0 Å². The fraction of sp³-hybridized carbons (Fsp3) is 0.706. The average Bonchev–Trinajstić information content (AvgIpc) is 2.53. The molecule has 1 aliphatic rings. The Labute approximate surface area is 132 Å². The Hall–Kier alpha value is -1.65. The van der Waals surface area contributed by atoms with E-state index in [1.807, 2.05) is 0 Å². The van der Waals surface area contributed by atoms with Crippen LogP contribution in [0, 0.1) is 5.92 Å². The van der Waals surface area contributed by atoms with Crippen molar-refractivity contribution in [3.63, 3.8) is 0 Å². The third kappa shape index (κ3) is 3.76. The lowest BCUT2D eigenvalue weighted by atomic mass is 9.99. The summed E-state index contributed by atoms with van der Waals surface area (Å²) in [5.74, 6) is 0.581. The second kappa shape index (κ2) is 7.56. The third-order valence-electron chi connectivity index (χ3n) is 4.64. The molecule has 22 heavy (non-hydrogen) atoms. The Morgan fingerprint density at radius 2 is 2.18 bits per heavy atom. The molecule has 1 aromatic rings. The van der Waals surface area contributed by atoms with E-state index in [2.05, 4.69) is 18.8 Å². The van der Waals surface area contributed by atoms with Gasteiger partial charge in [0, 0.05) is 25.6 Å². The maximum Gasteiger partial charge on any atom is 0.256 e. The molecule has 0 bridgehead atoms. The van der Waals surface area contributed by atoms with Crippen LogP contribution in [0.1, 0.15) is 57.7 Å². The first kappa shape index (κ1) is 16.7. The Kier molecular flexibility index (Phi) is 5.75. The second-order valence-corrected chi connectivity index (χ2v) is 6.23. The molecule has 2 heterocycles. The van der Waals surface area contributed by atoms with Gasteiger partial charge in [-0.25, -0.2) is 4.98 Å². The fourth-order valence-electron chi connectivity index (χ4n) is 3.05. The first-order chi connectivity index (χ1) is 10.6. The monoisotopic (exact) mass is 305 g/mol. The van der Waals surface area contributed by atoms with Gasteiger partial charge in [0.05, 0.1) is 18.6 Å². The highest BCUT2D eigenvalue weighted by molar-refractivity contribution is 5.73. The zero-order valence-electron chi connectivity index (χ0n) is 14.0. The third-order valence-corrected chi connectivity index (χ3v) is 4.64. The number of hydrogen-bond donors (Lipinski definition) is 0. The highest BCUT2D eigenvalue weighted by Crippen LogP contribution is 2.16. The van der Waals surface area contributed by atoms with Crippen molar-refractivity contribution in [2.45, 2.75) is 66.0 Å². The maximum absolute atomic E-state index is 12.6. The predicted octanol–water partition coefficient (Wildman–Crippen LogP) is 2.36. The molecule has 0 saturated heterocycles. The second-order valence-electron chi connectivity index (χ2n) is 6.23. The molecule has 2 rings (SSSR count). The summed E-state index contributed by atoms with van der Waals surface area (Å²) in [6.07, 6.45) is 6.93. The van der Waals surface area contributed by atoms with Crippen LogP contribution < -0.4 is 5.56 Å². The van der Waals surface area contributed by atoms with Crippen molar-refractivity contribution in [3.8, 4) is 0 Å². The molecule has 0 aliphatic carbocycles. The van der Waals surface area contributed by atoms with E-state index in [1.54, 1.807) is 22.7 Å². The molecule has 1 unspecified atom stereocenters. The number of amides is 1. The number of rotatable bonds is 6. The van der Waals surface area contributed by atoms with Gasteiger partial charge >= 0.3 is 0 Å². The quantitative estimate of drug-likeness (QED) is 0.811. The van der Waals surface area contributed by atoms with E-state index in [4.69, 9.17) is 0 Å². The van der Waals surface area contributed by atoms with Crippen molar-refractivity contribution >= 4 is 5.91 Å². The first-order valence-corrected chi connectivity index (χ1v) is 8.39. The SMILES string of the molecule is CCCCC(CC)Cn1cnc2c(c1=O)CCN(C(C)=O)C2. The summed E-state index contributed by atoms with van der Waals surface area (Å²) in [7, 11) is 0. The van der Waals surface area contributed by atoms with Crippen LogP contribution in [0.25, 0.3) is 0 Å². The van der Waals surface area contributed by atoms with Crippen molar-refractivity contribution in [2.24, 2.45) is 5.92 Å². The summed E-state index contributed by atoms with van der Waals surface area (Å²) >= 11 is 0. The molecule has 0 N–H and O–H groups in total. The Morgan fingerprint density at radius 3 is 2.82 bits per heavy atom. The molecule has 5 nitrogen and oxygen atoms in total. The lowest BCUT2D eigenvalue weighted by Gasteiger charge is -2.27. The van der Waals surface area contributed by atoms with Gasteiger partial charge in [0.15, 0.2) is 0 Å². The summed E-state index contributed by atoms with van der Waals surface area (Å²) in [4.78, 5) is 30.3. The molecular weight excluding hydrogens is 278 g/mol. The van der Waals surface area contributed by atoms with Crippen LogP contribution in [0.3, 0.4) is 0 Å². The summed E-state index contributed by atoms with van der Waals surface area (Å²) < 4.78 is 1.77. The number of carbonyl (C=O) groups excluding carboxylic acids is 1. The van der Waals surface area contributed by atoms with E-state index in [9.17, 15) is 9.59 Å². The number of fused-ring (bicyclic) bond motifs is 1. The molecule has 0 radical (unpaired) electrons. The van der Waals surface area contributed by atoms with Gasteiger partial charge in [0.25, 0.3) is 5.56 Å². The molecule has 0 fully saturated rings. The molecule has 1 aliphatic heterocycles. The minimum Gasteiger partial charge on any atom is -0.337 e. The van der Waals surface area contributed by atoms with Crippen LogP contribution in [-0.4, -0.2) is 26.9 Å². The summed E-state index contributed by atoms with van der Waals surface area (Å²) in [5, 5.41) is 0. The molecule has 0 spiro atoms. The molecule has 1 atom stereocenters. The van der Waals surface area contributed by atoms with E-state index >= 15 is 0 Å². The minimum atomic E-state index is 0.0437. The lowest BCUT2D eigenvalue weighted by Crippen LogP contribution is -2.39. The smallest absolute Gasteiger partial charge is 0.256 e. The summed E-state index contributed by atoms with van der Waals surface area (Å²) in [6, 6.07) is 0. The highest BCUT2D eigenvalue weighted by atomic mass is 16.2. The van der Waals surface area contributed by atoms with E-state index in [0.29, 0.717) is 25.4 Å². The largest absolute Gasteiger partial charge is 0.337 e. The van der Waals surface area contributed by atoms with Crippen LogP contribution in [0.5, 0.6) is 0 Å². The van der Waals surface area contributed by atoms with Gasteiger partial charge in [-0.05, 0) is 18.8 Å². The highest BCUT2D eigenvalue weighted by Gasteiger charge is 2.22. The number of carbonyl (C=O) groups is 1. The number of hydrogen-bond acceptors (Lipinski definition) is 3. The normalized spacial score (nSPS) is 15.5. The molecular formula is C17H27N3O2. The molecule has 122 valence electrons. The molecule has 0 aromatic carbocycles. The number of unbranched alkanes of at least 4 members (excludes halogenated alkanes) is 1. The van der Waals surface area contributed by atoms with Crippen molar-refractivity contribution in [1.29, 1.82) is 0 Å². The average molecular weight is 305 g/mol. The van der Waals surface area contributed by atoms with Crippen LogP contribution in [0.15, 0.2) is 11.1 Å². The van der Waals surface area contributed by atoms with Gasteiger partial charge in [-0.3, -0.25) is 14.2 Å². The van der Waals surface area contributed by atoms with Gasteiger partial charge < -0.3 is 4.90 Å². The minimum absolute atomic E-state index is 0.0437. The van der Waals surface area contributed by atoms with E-state index in [0.717, 1.165) is 30.6 Å². The van der Waals surface area contributed by atoms with E-state index in [1.165, 1.54) is 12.8 Å². The zero-order chi connectivity index (χ0) is 16.1. The molecule has 0 saturated carbocycles. The fourth-order valence-corrected chi connectivity index (χ4v) is 3.05. The van der Waals surface area contributed by atoms with Crippen LogP contribution in [0.2, 0.25) is 0 Å². The maximum atomic E-state index is 12.6. The Bertz CT molecular complexity index is 580. The van der Waals surface area contributed by atoms with Crippen LogP contribution in [-0.2, 0) is 24.3 Å². The summed E-state index contributed by atoms with van der Waals surface area (Å²) in [5.41, 5.74) is 1.65. The summed E-state index contributed by atoms with van der Waals surface area (Å²) in [6.45, 7) is 7.78. The van der Waals surface area contributed by atoms with Crippen LogP contribution in [0.4, 0.5) is 0 Å². The van der Waals surface area contributed by atoms with Gasteiger partial charge in [-0.2, -0.15) is 0 Å². The van der Waals surface area contributed by atoms with Gasteiger partial charge in [0.2, 0.25) is 5.91 Å². The molecule has 5 heteroatoms. The van der Waals surface area contributed by atoms with E-state index < -0.39 is 0 Å². The zero-order valence-corrected chi connectivity index (χ0v) is 14.0. The Morgan fingerprint density at radius 1 is 1.41 bits per heavy atom. The van der Waals surface area contributed by atoms with Gasteiger partial charge in [-0.1, -0.05) is 33.1 Å². The van der Waals surface area contributed by atoms with Crippen molar-refractivity contribution in [3.05, 3.63) is 27.9 Å². The molecule has 1 amide bonds. The van der Waals surface area contributed by atoms with Gasteiger partial charge in [-0.15, -0.1) is 0 Å². The topological polar surface area (TPSA) is 55.2 Å². The number of nitrogens with zero attached hydrogens (tertiary/aromatic N) is 3. The first-order valence-electron chi connectivity index (χ1n) is 8.39. The van der Waals surface area contributed by atoms with Crippen molar-refractivity contribution in [1.82, 2.24) is 14.5 Å². The Balaban J connectivity index is 2.16. The van der Waals surface area contributed by atoms with Crippen molar-refractivity contribution < 1.29 is 4.79 Å². The molecule has 1 aromatic heterocycles. The van der Waals surface area contributed by atoms with Crippen LogP contribution >= 0.6 is 0 Å². The number of aromatic nitrogens is 2. The van der Waals surface area contributed by atoms with Crippen molar-refractivity contribution in [2.75, 3.05) is 6.54 Å². The van der Waals surface area contributed by atoms with E-state index in [-0.39, 0.29) is 11.5 Å². The standard InChI is InChI=1S/C17H27N3O2/c1-4-6-7-14(5-2)10-20-12-18-16-11-19(13(3)21)9-8-15(16)17(20)22/h12,14H,4-11H2,1-3H3. The predicted molar refractivity (Wildman–Crippen MR) is 86.6 cm³/mol. The lowest BCUT2D eigenvalue weighted by molar-refractivity contribution is -0.129.